The highest BCUT2D eigenvalue weighted by atomic mass is 15.2. The van der Waals surface area contributed by atoms with E-state index >= 15 is 0 Å². The maximum atomic E-state index is 4.43. The van der Waals surface area contributed by atoms with Gasteiger partial charge in [0.2, 0.25) is 0 Å². The Balaban J connectivity index is 1.85. The Morgan fingerprint density at radius 3 is 2.72 bits per heavy atom. The quantitative estimate of drug-likeness (QED) is 0.853. The zero-order valence-electron chi connectivity index (χ0n) is 11.4. The predicted molar refractivity (Wildman–Crippen MR) is 76.9 cm³/mol. The first-order valence-electron chi connectivity index (χ1n) is 6.72. The standard InChI is InChI=1S/C15H23N3/c1-15(2,11-13-7-4-3-5-8-13)12-18-14-16-9-6-10-17-14/h3-5,7-8H,6,9-12H2,1-2H3,(H2,16,17,18). The molecule has 1 heterocycles. The van der Waals surface area contributed by atoms with Crippen LogP contribution in [0.3, 0.4) is 0 Å². The molecule has 0 saturated carbocycles. The fourth-order valence-electron chi connectivity index (χ4n) is 2.18. The summed E-state index contributed by atoms with van der Waals surface area (Å²) in [5, 5.41) is 6.72. The van der Waals surface area contributed by atoms with Crippen molar-refractivity contribution in [3.8, 4) is 0 Å². The van der Waals surface area contributed by atoms with Crippen LogP contribution < -0.4 is 10.6 Å². The van der Waals surface area contributed by atoms with Gasteiger partial charge in [-0.15, -0.1) is 0 Å². The molecule has 2 rings (SSSR count). The highest BCUT2D eigenvalue weighted by Gasteiger charge is 2.19. The molecule has 0 fully saturated rings. The van der Waals surface area contributed by atoms with Gasteiger partial charge in [-0.2, -0.15) is 0 Å². The van der Waals surface area contributed by atoms with Gasteiger partial charge in [0.25, 0.3) is 0 Å². The zero-order chi connectivity index (χ0) is 12.8. The molecule has 0 aromatic heterocycles. The Hall–Kier alpha value is -1.51. The van der Waals surface area contributed by atoms with E-state index in [-0.39, 0.29) is 5.41 Å². The number of benzene rings is 1. The highest BCUT2D eigenvalue weighted by molar-refractivity contribution is 5.80. The molecule has 0 atom stereocenters. The maximum absolute atomic E-state index is 4.43. The van der Waals surface area contributed by atoms with Crippen molar-refractivity contribution in [3.63, 3.8) is 0 Å². The first-order chi connectivity index (χ1) is 8.66. The number of hydrogen-bond donors (Lipinski definition) is 2. The number of nitrogens with one attached hydrogen (secondary N) is 2. The van der Waals surface area contributed by atoms with Crippen LogP contribution in [0.2, 0.25) is 0 Å². The van der Waals surface area contributed by atoms with Crippen molar-refractivity contribution in [1.82, 2.24) is 10.6 Å². The molecule has 0 spiro atoms. The van der Waals surface area contributed by atoms with E-state index in [2.05, 4.69) is 59.8 Å². The third-order valence-corrected chi connectivity index (χ3v) is 3.16. The highest BCUT2D eigenvalue weighted by Crippen LogP contribution is 2.20. The number of nitrogens with zero attached hydrogens (tertiary/aromatic N) is 1. The van der Waals surface area contributed by atoms with E-state index in [1.165, 1.54) is 5.56 Å². The average molecular weight is 245 g/mol. The summed E-state index contributed by atoms with van der Waals surface area (Å²) >= 11 is 0. The molecule has 0 radical (unpaired) electrons. The van der Waals surface area contributed by atoms with E-state index in [9.17, 15) is 0 Å². The van der Waals surface area contributed by atoms with Crippen LogP contribution >= 0.6 is 0 Å². The van der Waals surface area contributed by atoms with Crippen LogP contribution in [0.25, 0.3) is 0 Å². The van der Waals surface area contributed by atoms with Crippen molar-refractivity contribution >= 4 is 5.96 Å². The molecule has 18 heavy (non-hydrogen) atoms. The zero-order valence-corrected chi connectivity index (χ0v) is 11.4. The molecule has 1 aromatic carbocycles. The molecule has 1 aliphatic rings. The third-order valence-electron chi connectivity index (χ3n) is 3.16. The molecular formula is C15H23N3. The second kappa shape index (κ2) is 5.89. The molecule has 98 valence electrons. The summed E-state index contributed by atoms with van der Waals surface area (Å²) in [5.74, 6) is 0.961. The van der Waals surface area contributed by atoms with Crippen LogP contribution in [-0.4, -0.2) is 25.6 Å². The second-order valence-electron chi connectivity index (χ2n) is 5.69. The van der Waals surface area contributed by atoms with E-state index in [4.69, 9.17) is 0 Å². The number of rotatable bonds is 4. The van der Waals surface area contributed by atoms with Gasteiger partial charge in [0.1, 0.15) is 0 Å². The van der Waals surface area contributed by atoms with Crippen LogP contribution in [-0.2, 0) is 6.42 Å². The first-order valence-corrected chi connectivity index (χ1v) is 6.72. The van der Waals surface area contributed by atoms with Gasteiger partial charge in [-0.1, -0.05) is 44.2 Å². The molecule has 0 amide bonds. The number of guanidine groups is 1. The molecule has 1 aliphatic heterocycles. The lowest BCUT2D eigenvalue weighted by atomic mass is 9.86. The normalized spacial score (nSPS) is 15.8. The number of aliphatic imine (C=N–C) groups is 1. The predicted octanol–water partition coefficient (Wildman–Crippen LogP) is 2.19. The summed E-state index contributed by atoms with van der Waals surface area (Å²) in [6.45, 7) is 7.49. The second-order valence-corrected chi connectivity index (χ2v) is 5.69. The van der Waals surface area contributed by atoms with E-state index < -0.39 is 0 Å². The minimum absolute atomic E-state index is 0.225. The Bertz CT molecular complexity index is 395. The van der Waals surface area contributed by atoms with Gasteiger partial charge in [0, 0.05) is 19.6 Å². The lowest BCUT2D eigenvalue weighted by Gasteiger charge is -2.27. The van der Waals surface area contributed by atoms with Crippen LogP contribution in [0, 0.1) is 5.41 Å². The third kappa shape index (κ3) is 4.06. The van der Waals surface area contributed by atoms with E-state index in [1.807, 2.05) is 0 Å². The minimum atomic E-state index is 0.225. The number of hydrogen-bond acceptors (Lipinski definition) is 3. The first kappa shape index (κ1) is 12.9. The van der Waals surface area contributed by atoms with Gasteiger partial charge < -0.3 is 10.6 Å². The molecule has 3 nitrogen and oxygen atoms in total. The smallest absolute Gasteiger partial charge is 0.191 e. The molecule has 3 heteroatoms. The monoisotopic (exact) mass is 245 g/mol. The van der Waals surface area contributed by atoms with E-state index in [0.717, 1.165) is 38.4 Å². The van der Waals surface area contributed by atoms with Gasteiger partial charge >= 0.3 is 0 Å². The van der Waals surface area contributed by atoms with Gasteiger partial charge in [0.15, 0.2) is 5.96 Å². The van der Waals surface area contributed by atoms with E-state index in [0.29, 0.717) is 0 Å². The molecule has 0 bridgehead atoms. The molecular weight excluding hydrogens is 222 g/mol. The Labute approximate surface area is 110 Å². The van der Waals surface area contributed by atoms with Gasteiger partial charge in [-0.05, 0) is 23.8 Å². The summed E-state index contributed by atoms with van der Waals surface area (Å²) in [5.41, 5.74) is 1.62. The summed E-state index contributed by atoms with van der Waals surface area (Å²) in [4.78, 5) is 4.43. The SMILES string of the molecule is CC(C)(CNC1=NCCCN1)Cc1ccccc1. The molecule has 0 saturated heterocycles. The lowest BCUT2D eigenvalue weighted by molar-refractivity contribution is 0.358. The maximum Gasteiger partial charge on any atom is 0.191 e. The lowest BCUT2D eigenvalue weighted by Crippen LogP contribution is -2.44. The molecule has 0 aliphatic carbocycles. The van der Waals surface area contributed by atoms with Crippen molar-refractivity contribution in [1.29, 1.82) is 0 Å². The largest absolute Gasteiger partial charge is 0.356 e. The van der Waals surface area contributed by atoms with Crippen molar-refractivity contribution < 1.29 is 0 Å². The van der Waals surface area contributed by atoms with Crippen LogP contribution in [0.15, 0.2) is 35.3 Å². The molecule has 0 unspecified atom stereocenters. The van der Waals surface area contributed by atoms with Crippen molar-refractivity contribution in [2.24, 2.45) is 10.4 Å². The van der Waals surface area contributed by atoms with E-state index in [1.54, 1.807) is 0 Å². The summed E-state index contributed by atoms with van der Waals surface area (Å²) in [6.07, 6.45) is 2.21. The summed E-state index contributed by atoms with van der Waals surface area (Å²) in [7, 11) is 0. The van der Waals surface area contributed by atoms with Crippen LogP contribution in [0.4, 0.5) is 0 Å². The van der Waals surface area contributed by atoms with Gasteiger partial charge in [-0.3, -0.25) is 4.99 Å². The van der Waals surface area contributed by atoms with Gasteiger partial charge in [0.05, 0.1) is 0 Å². The fourth-order valence-corrected chi connectivity index (χ4v) is 2.18. The summed E-state index contributed by atoms with van der Waals surface area (Å²) < 4.78 is 0. The Kier molecular flexibility index (Phi) is 4.24. The van der Waals surface area contributed by atoms with Crippen LogP contribution in [0.1, 0.15) is 25.8 Å². The Morgan fingerprint density at radius 2 is 2.06 bits per heavy atom. The van der Waals surface area contributed by atoms with Crippen molar-refractivity contribution in [2.75, 3.05) is 19.6 Å². The van der Waals surface area contributed by atoms with Crippen LogP contribution in [0.5, 0.6) is 0 Å². The minimum Gasteiger partial charge on any atom is -0.356 e. The van der Waals surface area contributed by atoms with Crippen molar-refractivity contribution in [2.45, 2.75) is 26.7 Å². The van der Waals surface area contributed by atoms with Crippen molar-refractivity contribution in [3.05, 3.63) is 35.9 Å². The fraction of sp³-hybridized carbons (Fsp3) is 0.533. The molecule has 2 N–H and O–H groups in total. The van der Waals surface area contributed by atoms with Gasteiger partial charge in [-0.25, -0.2) is 0 Å². The Morgan fingerprint density at radius 1 is 1.28 bits per heavy atom. The average Bonchev–Trinajstić information content (AvgIpc) is 2.38. The topological polar surface area (TPSA) is 36.4 Å². The summed E-state index contributed by atoms with van der Waals surface area (Å²) in [6, 6.07) is 10.7. The molecule has 1 aromatic rings.